The summed E-state index contributed by atoms with van der Waals surface area (Å²) >= 11 is 0. The van der Waals surface area contributed by atoms with Gasteiger partial charge in [0.15, 0.2) is 11.5 Å². The first-order chi connectivity index (χ1) is 16.2. The van der Waals surface area contributed by atoms with Crippen molar-refractivity contribution in [3.05, 3.63) is 59.7 Å². The summed E-state index contributed by atoms with van der Waals surface area (Å²) in [7, 11) is 0. The predicted molar refractivity (Wildman–Crippen MR) is 130 cm³/mol. The van der Waals surface area contributed by atoms with Crippen molar-refractivity contribution < 1.29 is 14.0 Å². The van der Waals surface area contributed by atoms with Gasteiger partial charge in [-0.2, -0.15) is 0 Å². The molecule has 0 N–H and O–H groups in total. The summed E-state index contributed by atoms with van der Waals surface area (Å²) < 4.78 is 16.9. The van der Waals surface area contributed by atoms with Crippen molar-refractivity contribution in [2.24, 2.45) is 0 Å². The maximum absolute atomic E-state index is 5.85. The van der Waals surface area contributed by atoms with Crippen LogP contribution in [0.2, 0.25) is 0 Å². The highest BCUT2D eigenvalue weighted by Gasteiger charge is 2.18. The van der Waals surface area contributed by atoms with E-state index in [2.05, 4.69) is 64.3 Å². The average molecular weight is 448 g/mol. The molecule has 0 bridgehead atoms. The second kappa shape index (κ2) is 10.3. The number of nitrogens with zero attached hydrogens (tertiary/aromatic N) is 3. The highest BCUT2D eigenvalue weighted by atomic mass is 16.7. The molecule has 3 aromatic rings. The van der Waals surface area contributed by atoms with Crippen LogP contribution < -0.4 is 14.4 Å². The Morgan fingerprint density at radius 1 is 0.909 bits per heavy atom. The van der Waals surface area contributed by atoms with E-state index in [4.69, 9.17) is 14.0 Å². The summed E-state index contributed by atoms with van der Waals surface area (Å²) in [4.78, 5) is 4.91. The Balaban J connectivity index is 1.31. The van der Waals surface area contributed by atoms with Crippen LogP contribution in [-0.4, -0.2) is 43.0 Å². The number of likely N-dealkylation sites (tertiary alicyclic amines) is 1. The lowest BCUT2D eigenvalue weighted by Crippen LogP contribution is -2.30. The fraction of sp³-hybridized carbons (Fsp3) is 0.444. The first-order valence-corrected chi connectivity index (χ1v) is 12.1. The number of hydrogen-bond acceptors (Lipinski definition) is 6. The van der Waals surface area contributed by atoms with Gasteiger partial charge in [-0.25, -0.2) is 0 Å². The van der Waals surface area contributed by atoms with E-state index in [9.17, 15) is 0 Å². The zero-order chi connectivity index (χ0) is 22.5. The number of anilines is 1. The number of aromatic nitrogens is 1. The fourth-order valence-electron chi connectivity index (χ4n) is 4.65. The molecule has 33 heavy (non-hydrogen) atoms. The summed E-state index contributed by atoms with van der Waals surface area (Å²) in [5.41, 5.74) is 4.35. The Morgan fingerprint density at radius 2 is 1.70 bits per heavy atom. The van der Waals surface area contributed by atoms with Gasteiger partial charge in [0, 0.05) is 24.7 Å². The minimum Gasteiger partial charge on any atom is -0.454 e. The van der Waals surface area contributed by atoms with Crippen LogP contribution in [0.5, 0.6) is 11.5 Å². The molecule has 0 amide bonds. The Morgan fingerprint density at radius 3 is 2.52 bits per heavy atom. The molecule has 0 spiro atoms. The summed E-state index contributed by atoms with van der Waals surface area (Å²) in [5, 5.41) is 4.38. The molecule has 0 aliphatic carbocycles. The summed E-state index contributed by atoms with van der Waals surface area (Å²) in [6.07, 6.45) is 6.47. The quantitative estimate of drug-likeness (QED) is 0.445. The van der Waals surface area contributed by atoms with E-state index in [1.165, 1.54) is 49.9 Å². The molecular weight excluding hydrogens is 414 g/mol. The SMILES string of the molecule is Cc1ccc(-c2cc(N(CCCN3CCCCCC3)Cc3ccc4c(c3)OCO4)on2)cc1. The van der Waals surface area contributed by atoms with Crippen molar-refractivity contribution in [2.75, 3.05) is 37.9 Å². The third-order valence-corrected chi connectivity index (χ3v) is 6.57. The maximum atomic E-state index is 5.85. The number of benzene rings is 2. The molecule has 174 valence electrons. The lowest BCUT2D eigenvalue weighted by molar-refractivity contribution is 0.174. The zero-order valence-corrected chi connectivity index (χ0v) is 19.5. The lowest BCUT2D eigenvalue weighted by Gasteiger charge is -2.24. The minimum atomic E-state index is 0.292. The maximum Gasteiger partial charge on any atom is 0.231 e. The molecule has 2 aliphatic heterocycles. The second-order valence-electron chi connectivity index (χ2n) is 9.13. The van der Waals surface area contributed by atoms with Crippen molar-refractivity contribution in [3.8, 4) is 22.8 Å². The van der Waals surface area contributed by atoms with Gasteiger partial charge in [0.1, 0.15) is 5.69 Å². The molecule has 1 saturated heterocycles. The molecule has 3 heterocycles. The summed E-state index contributed by atoms with van der Waals surface area (Å²) in [6.45, 7) is 7.60. The van der Waals surface area contributed by atoms with E-state index in [-0.39, 0.29) is 0 Å². The van der Waals surface area contributed by atoms with Crippen molar-refractivity contribution >= 4 is 5.88 Å². The zero-order valence-electron chi connectivity index (χ0n) is 19.5. The van der Waals surface area contributed by atoms with E-state index in [1.807, 2.05) is 6.07 Å². The van der Waals surface area contributed by atoms with Gasteiger partial charge < -0.3 is 23.8 Å². The molecule has 6 nitrogen and oxygen atoms in total. The minimum absolute atomic E-state index is 0.292. The molecule has 1 fully saturated rings. The predicted octanol–water partition coefficient (Wildman–Crippen LogP) is 5.65. The topological polar surface area (TPSA) is 51.0 Å². The Bertz CT molecular complexity index is 1040. The van der Waals surface area contributed by atoms with Gasteiger partial charge in [-0.1, -0.05) is 53.9 Å². The first kappa shape index (κ1) is 21.8. The molecule has 5 rings (SSSR count). The molecule has 6 heteroatoms. The fourth-order valence-corrected chi connectivity index (χ4v) is 4.65. The number of ether oxygens (including phenoxy) is 2. The van der Waals surface area contributed by atoms with Crippen LogP contribution in [0.15, 0.2) is 53.1 Å². The molecule has 2 aromatic carbocycles. The number of rotatable bonds is 8. The van der Waals surface area contributed by atoms with Gasteiger partial charge >= 0.3 is 0 Å². The van der Waals surface area contributed by atoms with Gasteiger partial charge in [0.25, 0.3) is 0 Å². The summed E-state index contributed by atoms with van der Waals surface area (Å²) in [6, 6.07) is 16.6. The van der Waals surface area contributed by atoms with E-state index < -0.39 is 0 Å². The highest BCUT2D eigenvalue weighted by molar-refractivity contribution is 5.62. The average Bonchev–Trinajstić information content (AvgIpc) is 3.43. The molecule has 0 atom stereocenters. The number of hydrogen-bond donors (Lipinski definition) is 0. The van der Waals surface area contributed by atoms with Crippen LogP contribution in [0.3, 0.4) is 0 Å². The largest absolute Gasteiger partial charge is 0.454 e. The van der Waals surface area contributed by atoms with Crippen molar-refractivity contribution in [3.63, 3.8) is 0 Å². The Labute approximate surface area is 196 Å². The van der Waals surface area contributed by atoms with Gasteiger partial charge in [-0.3, -0.25) is 0 Å². The molecule has 1 aromatic heterocycles. The molecule has 0 unspecified atom stereocenters. The Kier molecular flexibility index (Phi) is 6.81. The normalized spacial score (nSPS) is 16.0. The van der Waals surface area contributed by atoms with Gasteiger partial charge in [0.2, 0.25) is 12.7 Å². The van der Waals surface area contributed by atoms with E-state index in [0.717, 1.165) is 54.7 Å². The molecule has 2 aliphatic rings. The molecule has 0 radical (unpaired) electrons. The van der Waals surface area contributed by atoms with Crippen LogP contribution in [0, 0.1) is 6.92 Å². The summed E-state index contributed by atoms with van der Waals surface area (Å²) in [5.74, 6) is 2.43. The van der Waals surface area contributed by atoms with Gasteiger partial charge in [-0.05, 0) is 63.5 Å². The van der Waals surface area contributed by atoms with E-state index in [0.29, 0.717) is 6.79 Å². The number of fused-ring (bicyclic) bond motifs is 1. The first-order valence-electron chi connectivity index (χ1n) is 12.1. The third kappa shape index (κ3) is 5.50. The van der Waals surface area contributed by atoms with Gasteiger partial charge in [-0.15, -0.1) is 0 Å². The van der Waals surface area contributed by atoms with Gasteiger partial charge in [0.05, 0.1) is 0 Å². The standard InChI is InChI=1S/C27H33N3O3/c1-21-7-10-23(11-8-21)24-18-27(33-28-24)30(16-6-15-29-13-4-2-3-5-14-29)19-22-9-12-25-26(17-22)32-20-31-25/h7-12,17-18H,2-6,13-16,19-20H2,1H3. The second-order valence-corrected chi connectivity index (χ2v) is 9.13. The van der Waals surface area contributed by atoms with Crippen LogP contribution in [0.25, 0.3) is 11.3 Å². The van der Waals surface area contributed by atoms with Crippen LogP contribution in [0.1, 0.15) is 43.2 Å². The monoisotopic (exact) mass is 447 g/mol. The van der Waals surface area contributed by atoms with Crippen LogP contribution in [-0.2, 0) is 6.54 Å². The van der Waals surface area contributed by atoms with Crippen molar-refractivity contribution in [1.82, 2.24) is 10.1 Å². The lowest BCUT2D eigenvalue weighted by atomic mass is 10.1. The van der Waals surface area contributed by atoms with Crippen LogP contribution in [0.4, 0.5) is 5.88 Å². The van der Waals surface area contributed by atoms with E-state index in [1.54, 1.807) is 0 Å². The molecular formula is C27H33N3O3. The van der Waals surface area contributed by atoms with E-state index >= 15 is 0 Å². The molecule has 0 saturated carbocycles. The number of aryl methyl sites for hydroxylation is 1. The van der Waals surface area contributed by atoms with Crippen molar-refractivity contribution in [2.45, 2.75) is 45.6 Å². The van der Waals surface area contributed by atoms with Crippen LogP contribution >= 0.6 is 0 Å². The third-order valence-electron chi connectivity index (χ3n) is 6.57. The highest BCUT2D eigenvalue weighted by Crippen LogP contribution is 2.33. The smallest absolute Gasteiger partial charge is 0.231 e. The van der Waals surface area contributed by atoms with Crippen molar-refractivity contribution in [1.29, 1.82) is 0 Å². The Hall–Kier alpha value is -2.99.